The quantitative estimate of drug-likeness (QED) is 0.231. The predicted molar refractivity (Wildman–Crippen MR) is 167 cm³/mol. The first-order valence-corrected chi connectivity index (χ1v) is 15.2. The van der Waals surface area contributed by atoms with Gasteiger partial charge in [0.1, 0.15) is 18.4 Å². The molecule has 0 fully saturated rings. The molecule has 1 N–H and O–H groups in total. The van der Waals surface area contributed by atoms with Gasteiger partial charge in [-0.15, -0.1) is 0 Å². The van der Waals surface area contributed by atoms with Gasteiger partial charge in [-0.25, -0.2) is 9.59 Å². The van der Waals surface area contributed by atoms with Gasteiger partial charge in [0, 0.05) is 36.6 Å². The van der Waals surface area contributed by atoms with Crippen LogP contribution in [0.4, 0.5) is 4.79 Å². The highest BCUT2D eigenvalue weighted by atomic mass is 16.6. The van der Waals surface area contributed by atoms with Gasteiger partial charge in [0.2, 0.25) is 0 Å². The zero-order valence-corrected chi connectivity index (χ0v) is 24.9. The molecule has 7 heteroatoms. The molecule has 0 saturated heterocycles. The number of amides is 1. The van der Waals surface area contributed by atoms with Crippen LogP contribution in [0.1, 0.15) is 58.0 Å². The Morgan fingerprint density at radius 3 is 2.18 bits per heavy atom. The van der Waals surface area contributed by atoms with Crippen molar-refractivity contribution in [2.75, 3.05) is 13.7 Å². The van der Waals surface area contributed by atoms with Crippen molar-refractivity contribution in [3.05, 3.63) is 124 Å². The number of rotatable bonds is 10. The molecule has 0 spiro atoms. The lowest BCUT2D eigenvalue weighted by molar-refractivity contribution is -0.143. The molecular weight excluding hydrogens is 552 g/mol. The highest BCUT2D eigenvalue weighted by Gasteiger charge is 2.30. The molecule has 6 rings (SSSR count). The Morgan fingerprint density at radius 1 is 0.818 bits per heavy atom. The van der Waals surface area contributed by atoms with Crippen LogP contribution in [-0.4, -0.2) is 42.6 Å². The number of benzene rings is 3. The van der Waals surface area contributed by atoms with E-state index in [1.807, 2.05) is 54.6 Å². The van der Waals surface area contributed by atoms with E-state index in [-0.39, 0.29) is 24.7 Å². The maximum absolute atomic E-state index is 12.9. The average molecular weight is 589 g/mol. The van der Waals surface area contributed by atoms with Crippen LogP contribution in [0.2, 0.25) is 0 Å². The van der Waals surface area contributed by atoms with Crippen LogP contribution >= 0.6 is 0 Å². The van der Waals surface area contributed by atoms with Crippen molar-refractivity contribution in [1.82, 2.24) is 10.3 Å². The van der Waals surface area contributed by atoms with Gasteiger partial charge in [-0.3, -0.25) is 9.78 Å². The number of pyridine rings is 1. The van der Waals surface area contributed by atoms with E-state index in [0.717, 1.165) is 64.0 Å². The van der Waals surface area contributed by atoms with E-state index in [2.05, 4.69) is 35.6 Å². The lowest BCUT2D eigenvalue weighted by Gasteiger charge is -2.19. The van der Waals surface area contributed by atoms with Crippen molar-refractivity contribution in [3.8, 4) is 11.1 Å². The number of ketones is 1. The number of fused-ring (bicyclic) bond motifs is 4. The molecule has 2 aliphatic rings. The Balaban J connectivity index is 1.04. The highest BCUT2D eigenvalue weighted by molar-refractivity contribution is 5.83. The molecule has 0 bridgehead atoms. The van der Waals surface area contributed by atoms with E-state index in [4.69, 9.17) is 14.5 Å². The van der Waals surface area contributed by atoms with Crippen LogP contribution in [0, 0.1) is 0 Å². The number of carbonyl (C=O) groups excluding carboxylic acids is 3. The number of nitrogens with zero attached hydrogens (tertiary/aromatic N) is 1. The van der Waals surface area contributed by atoms with Crippen LogP contribution in [0.15, 0.2) is 84.9 Å². The number of carbonyl (C=O) groups is 3. The highest BCUT2D eigenvalue weighted by Crippen LogP contribution is 2.44. The fourth-order valence-electron chi connectivity index (χ4n) is 6.36. The Hall–Kier alpha value is -4.78. The number of hydrogen-bond donors (Lipinski definition) is 1. The minimum Gasteiger partial charge on any atom is -0.467 e. The number of nitrogens with one attached hydrogen (secondary N) is 1. The van der Waals surface area contributed by atoms with Gasteiger partial charge in [-0.1, -0.05) is 78.9 Å². The maximum atomic E-state index is 12.9. The Kier molecular flexibility index (Phi) is 8.82. The first-order valence-electron chi connectivity index (χ1n) is 15.2. The molecule has 1 aromatic heterocycles. The topological polar surface area (TPSA) is 94.6 Å². The lowest BCUT2D eigenvalue weighted by atomic mass is 9.95. The summed E-state index contributed by atoms with van der Waals surface area (Å²) in [6, 6.07) is 26.9. The van der Waals surface area contributed by atoms with Gasteiger partial charge in [0.15, 0.2) is 0 Å². The molecule has 1 heterocycles. The van der Waals surface area contributed by atoms with E-state index in [1.165, 1.54) is 19.1 Å². The summed E-state index contributed by atoms with van der Waals surface area (Å²) in [7, 11) is 1.29. The third-order valence-electron chi connectivity index (χ3n) is 8.60. The maximum Gasteiger partial charge on any atom is 0.407 e. The van der Waals surface area contributed by atoms with Gasteiger partial charge >= 0.3 is 12.1 Å². The molecule has 0 saturated carbocycles. The summed E-state index contributed by atoms with van der Waals surface area (Å²) in [5.74, 6) is -0.538. The van der Waals surface area contributed by atoms with Crippen LogP contribution in [0.5, 0.6) is 0 Å². The number of methoxy groups -OCH3 is 1. The second-order valence-corrected chi connectivity index (χ2v) is 11.6. The average Bonchev–Trinajstić information content (AvgIpc) is 3.37. The number of aryl methyl sites for hydroxylation is 2. The summed E-state index contributed by atoms with van der Waals surface area (Å²) >= 11 is 0. The SMILES string of the molecule is COC(=O)C(Cc1ccc(CC(=O)Cc2ccc3c(n2)CCCC3)cc1)NC(=O)OCC1c2ccccc2-c2ccccc21. The summed E-state index contributed by atoms with van der Waals surface area (Å²) < 4.78 is 10.6. The van der Waals surface area contributed by atoms with Crippen molar-refractivity contribution in [2.24, 2.45) is 0 Å². The minimum absolute atomic E-state index is 0.0805. The van der Waals surface area contributed by atoms with E-state index in [9.17, 15) is 14.4 Å². The van der Waals surface area contributed by atoms with Crippen molar-refractivity contribution in [3.63, 3.8) is 0 Å². The second-order valence-electron chi connectivity index (χ2n) is 11.6. The fourth-order valence-corrected chi connectivity index (χ4v) is 6.36. The van der Waals surface area contributed by atoms with Crippen molar-refractivity contribution in [1.29, 1.82) is 0 Å². The van der Waals surface area contributed by atoms with Gasteiger partial charge < -0.3 is 14.8 Å². The van der Waals surface area contributed by atoms with Crippen molar-refractivity contribution in [2.45, 2.75) is 56.9 Å². The second kappa shape index (κ2) is 13.2. The molecule has 224 valence electrons. The molecular formula is C37H36N2O5. The first kappa shape index (κ1) is 29.3. The zero-order valence-electron chi connectivity index (χ0n) is 24.9. The summed E-state index contributed by atoms with van der Waals surface area (Å²) in [6.07, 6.45) is 4.57. The van der Waals surface area contributed by atoms with E-state index in [0.29, 0.717) is 12.8 Å². The number of esters is 1. The van der Waals surface area contributed by atoms with Gasteiger partial charge in [-0.05, 0) is 70.7 Å². The smallest absolute Gasteiger partial charge is 0.407 e. The lowest BCUT2D eigenvalue weighted by Crippen LogP contribution is -2.43. The Labute approximate surface area is 257 Å². The Morgan fingerprint density at radius 2 is 1.48 bits per heavy atom. The molecule has 1 unspecified atom stereocenters. The number of hydrogen-bond acceptors (Lipinski definition) is 6. The molecule has 1 atom stereocenters. The third kappa shape index (κ3) is 6.57. The summed E-state index contributed by atoms with van der Waals surface area (Å²) in [5, 5.41) is 2.69. The number of alkyl carbamates (subject to hydrolysis) is 1. The Bertz CT molecular complexity index is 1630. The standard InChI is InChI=1S/C37H36N2O5/c1-43-36(41)35(39-37(42)44-23-33-31-11-5-3-9-29(31)30-10-4-6-12-32(30)33)21-25-16-14-24(15-17-25)20-28(40)22-27-19-18-26-8-2-7-13-34(26)38-27/h3-6,9-12,14-19,33,35H,2,7-8,13,20-23H2,1H3,(H,39,42). The number of ether oxygens (including phenoxy) is 2. The predicted octanol–water partition coefficient (Wildman–Crippen LogP) is 5.94. The van der Waals surface area contributed by atoms with E-state index < -0.39 is 18.1 Å². The number of Topliss-reactive ketones (excluding diaryl/α,β-unsaturated/α-hetero) is 1. The molecule has 4 aromatic rings. The summed E-state index contributed by atoms with van der Waals surface area (Å²) in [5.41, 5.74) is 9.50. The third-order valence-corrected chi connectivity index (χ3v) is 8.60. The molecule has 3 aromatic carbocycles. The monoisotopic (exact) mass is 588 g/mol. The van der Waals surface area contributed by atoms with E-state index >= 15 is 0 Å². The molecule has 2 aliphatic carbocycles. The normalized spacial score (nSPS) is 14.1. The molecule has 0 aliphatic heterocycles. The number of aromatic nitrogens is 1. The van der Waals surface area contributed by atoms with Crippen LogP contribution in [-0.2, 0) is 51.2 Å². The van der Waals surface area contributed by atoms with E-state index in [1.54, 1.807) is 0 Å². The van der Waals surface area contributed by atoms with Crippen LogP contribution in [0.25, 0.3) is 11.1 Å². The van der Waals surface area contributed by atoms with Crippen LogP contribution < -0.4 is 5.32 Å². The van der Waals surface area contributed by atoms with Gasteiger partial charge in [0.05, 0.1) is 7.11 Å². The summed E-state index contributed by atoms with van der Waals surface area (Å²) in [6.45, 7) is 0.150. The van der Waals surface area contributed by atoms with Crippen LogP contribution in [0.3, 0.4) is 0 Å². The van der Waals surface area contributed by atoms with Crippen molar-refractivity contribution >= 4 is 17.8 Å². The largest absolute Gasteiger partial charge is 0.467 e. The molecule has 1 amide bonds. The molecule has 7 nitrogen and oxygen atoms in total. The molecule has 0 radical (unpaired) electrons. The van der Waals surface area contributed by atoms with Gasteiger partial charge in [-0.2, -0.15) is 0 Å². The molecule has 44 heavy (non-hydrogen) atoms. The van der Waals surface area contributed by atoms with Gasteiger partial charge in [0.25, 0.3) is 0 Å². The fraction of sp³-hybridized carbons (Fsp3) is 0.297. The minimum atomic E-state index is -0.918. The summed E-state index contributed by atoms with van der Waals surface area (Å²) in [4.78, 5) is 43.0. The zero-order chi connectivity index (χ0) is 30.5. The van der Waals surface area contributed by atoms with Crippen molar-refractivity contribution < 1.29 is 23.9 Å². The first-order chi connectivity index (χ1) is 21.5.